The van der Waals surface area contributed by atoms with Gasteiger partial charge < -0.3 is 9.84 Å². The Morgan fingerprint density at radius 2 is 1.90 bits per heavy atom. The van der Waals surface area contributed by atoms with Crippen molar-refractivity contribution in [2.45, 2.75) is 57.8 Å². The van der Waals surface area contributed by atoms with Gasteiger partial charge in [-0.3, -0.25) is 4.79 Å². The Balaban J connectivity index is 2.32. The molecule has 21 heavy (non-hydrogen) atoms. The van der Waals surface area contributed by atoms with E-state index in [9.17, 15) is 18.3 Å². The number of ether oxygens (including phenoxy) is 1. The Bertz CT molecular complexity index is 499. The third-order valence-corrected chi connectivity index (χ3v) is 6.44. The fourth-order valence-corrected chi connectivity index (χ4v) is 5.54. The quantitative estimate of drug-likeness (QED) is 0.822. The molecule has 0 aromatic carbocycles. The minimum atomic E-state index is -3.79. The zero-order valence-electron chi connectivity index (χ0n) is 12.8. The van der Waals surface area contributed by atoms with Crippen LogP contribution in [0.25, 0.3) is 0 Å². The lowest BCUT2D eigenvalue weighted by Gasteiger charge is -2.40. The molecule has 2 aliphatic rings. The molecular formula is C13H24N2O5S. The molecule has 2 heterocycles. The van der Waals surface area contributed by atoms with Gasteiger partial charge in [-0.05, 0) is 33.1 Å². The van der Waals surface area contributed by atoms with Gasteiger partial charge in [0.1, 0.15) is 5.54 Å². The predicted octanol–water partition coefficient (Wildman–Crippen LogP) is 0.670. The Hall–Kier alpha value is -0.700. The van der Waals surface area contributed by atoms with E-state index in [1.165, 1.54) is 8.61 Å². The van der Waals surface area contributed by atoms with Crippen LogP contribution >= 0.6 is 0 Å². The number of hydrogen-bond donors (Lipinski definition) is 1. The maximum atomic E-state index is 12.9. The third-order valence-electron chi connectivity index (χ3n) is 4.40. The number of carbonyl (C=O) groups is 1. The van der Waals surface area contributed by atoms with Crippen LogP contribution in [-0.2, 0) is 19.7 Å². The fraction of sp³-hybridized carbons (Fsp3) is 0.923. The number of rotatable bonds is 4. The van der Waals surface area contributed by atoms with Crippen LogP contribution in [0, 0.1) is 0 Å². The molecule has 122 valence electrons. The van der Waals surface area contributed by atoms with E-state index < -0.39 is 21.7 Å². The minimum absolute atomic E-state index is 0.188. The van der Waals surface area contributed by atoms with Crippen molar-refractivity contribution in [2.75, 3.05) is 19.6 Å². The van der Waals surface area contributed by atoms with Gasteiger partial charge in [0.05, 0.1) is 12.2 Å². The molecule has 3 unspecified atom stereocenters. The number of aliphatic carboxylic acids is 1. The summed E-state index contributed by atoms with van der Waals surface area (Å²) in [6, 6.07) is 0. The molecule has 0 aliphatic carbocycles. The molecule has 0 aromatic heterocycles. The van der Waals surface area contributed by atoms with Crippen LogP contribution in [0.3, 0.4) is 0 Å². The van der Waals surface area contributed by atoms with Crippen molar-refractivity contribution < 1.29 is 23.1 Å². The summed E-state index contributed by atoms with van der Waals surface area (Å²) in [5, 5.41) is 9.55. The molecule has 2 saturated heterocycles. The maximum Gasteiger partial charge on any atom is 0.325 e. The van der Waals surface area contributed by atoms with E-state index in [1.54, 1.807) is 6.92 Å². The van der Waals surface area contributed by atoms with Gasteiger partial charge in [-0.2, -0.15) is 17.0 Å². The van der Waals surface area contributed by atoms with Crippen molar-refractivity contribution in [3.8, 4) is 0 Å². The fourth-order valence-electron chi connectivity index (χ4n) is 3.37. The standard InChI is InChI=1S/C13H24N2O5S/c1-4-13(12(16)17)6-5-7-15(13)21(18,19)14-8-10(2)20-11(3)9-14/h10-11H,4-9H2,1-3H3,(H,16,17). The lowest BCUT2D eigenvalue weighted by molar-refractivity contribution is -0.147. The van der Waals surface area contributed by atoms with E-state index in [2.05, 4.69) is 0 Å². The van der Waals surface area contributed by atoms with Crippen LogP contribution in [0.2, 0.25) is 0 Å². The number of nitrogens with zero attached hydrogens (tertiary/aromatic N) is 2. The normalized spacial score (nSPS) is 36.0. The zero-order chi connectivity index (χ0) is 15.8. The molecule has 1 N–H and O–H groups in total. The summed E-state index contributed by atoms with van der Waals surface area (Å²) in [6.45, 7) is 6.18. The summed E-state index contributed by atoms with van der Waals surface area (Å²) in [5.41, 5.74) is -1.30. The first kappa shape index (κ1) is 16.7. The van der Waals surface area contributed by atoms with Crippen LogP contribution in [0.15, 0.2) is 0 Å². The maximum absolute atomic E-state index is 12.9. The van der Waals surface area contributed by atoms with Gasteiger partial charge in [-0.15, -0.1) is 0 Å². The Labute approximate surface area is 126 Å². The first-order valence-electron chi connectivity index (χ1n) is 7.41. The first-order chi connectivity index (χ1) is 9.74. The van der Waals surface area contributed by atoms with Crippen LogP contribution in [0.1, 0.15) is 40.0 Å². The third kappa shape index (κ3) is 2.81. The molecule has 2 rings (SSSR count). The van der Waals surface area contributed by atoms with Gasteiger partial charge in [0.15, 0.2) is 0 Å². The highest BCUT2D eigenvalue weighted by molar-refractivity contribution is 7.86. The second kappa shape index (κ2) is 5.83. The highest BCUT2D eigenvalue weighted by atomic mass is 32.2. The van der Waals surface area contributed by atoms with Gasteiger partial charge in [-0.1, -0.05) is 6.92 Å². The molecule has 8 heteroatoms. The highest BCUT2D eigenvalue weighted by Crippen LogP contribution is 2.36. The summed E-state index contributed by atoms with van der Waals surface area (Å²) < 4.78 is 33.9. The van der Waals surface area contributed by atoms with E-state index in [0.29, 0.717) is 12.8 Å². The number of hydrogen-bond acceptors (Lipinski definition) is 4. The van der Waals surface area contributed by atoms with Crippen molar-refractivity contribution >= 4 is 16.2 Å². The molecule has 0 saturated carbocycles. The molecule has 0 aromatic rings. The van der Waals surface area contributed by atoms with Crippen molar-refractivity contribution in [3.63, 3.8) is 0 Å². The SMILES string of the molecule is CCC1(C(=O)O)CCCN1S(=O)(=O)N1CC(C)OC(C)C1. The highest BCUT2D eigenvalue weighted by Gasteiger charge is 2.53. The molecule has 0 spiro atoms. The number of carboxylic acid groups (broad SMARTS) is 1. The molecule has 2 aliphatic heterocycles. The van der Waals surface area contributed by atoms with Gasteiger partial charge >= 0.3 is 5.97 Å². The van der Waals surface area contributed by atoms with E-state index in [4.69, 9.17) is 4.74 Å². The predicted molar refractivity (Wildman–Crippen MR) is 77.1 cm³/mol. The Kier molecular flexibility index (Phi) is 4.63. The van der Waals surface area contributed by atoms with E-state index in [-0.39, 0.29) is 38.3 Å². The Morgan fingerprint density at radius 3 is 2.38 bits per heavy atom. The molecule has 2 fully saturated rings. The van der Waals surface area contributed by atoms with E-state index in [0.717, 1.165) is 0 Å². The average molecular weight is 320 g/mol. The molecule has 3 atom stereocenters. The lowest BCUT2D eigenvalue weighted by Crippen LogP contribution is -2.59. The van der Waals surface area contributed by atoms with Crippen molar-refractivity contribution in [1.29, 1.82) is 0 Å². The molecule has 0 bridgehead atoms. The minimum Gasteiger partial charge on any atom is -0.480 e. The van der Waals surface area contributed by atoms with Crippen molar-refractivity contribution in [1.82, 2.24) is 8.61 Å². The van der Waals surface area contributed by atoms with Crippen molar-refractivity contribution in [2.24, 2.45) is 0 Å². The summed E-state index contributed by atoms with van der Waals surface area (Å²) in [7, 11) is -3.79. The lowest BCUT2D eigenvalue weighted by atomic mass is 9.95. The van der Waals surface area contributed by atoms with Gasteiger partial charge in [0.25, 0.3) is 10.2 Å². The van der Waals surface area contributed by atoms with Gasteiger partial charge in [0.2, 0.25) is 0 Å². The number of morpholine rings is 1. The molecule has 7 nitrogen and oxygen atoms in total. The summed E-state index contributed by atoms with van der Waals surface area (Å²) in [4.78, 5) is 11.7. The van der Waals surface area contributed by atoms with Gasteiger partial charge in [-0.25, -0.2) is 0 Å². The second-order valence-electron chi connectivity index (χ2n) is 5.95. The summed E-state index contributed by atoms with van der Waals surface area (Å²) >= 11 is 0. The summed E-state index contributed by atoms with van der Waals surface area (Å²) in [6.07, 6.45) is 0.846. The average Bonchev–Trinajstić information content (AvgIpc) is 2.83. The van der Waals surface area contributed by atoms with E-state index in [1.807, 2.05) is 13.8 Å². The zero-order valence-corrected chi connectivity index (χ0v) is 13.6. The van der Waals surface area contributed by atoms with Crippen LogP contribution in [0.5, 0.6) is 0 Å². The van der Waals surface area contributed by atoms with Crippen LogP contribution in [0.4, 0.5) is 0 Å². The van der Waals surface area contributed by atoms with Gasteiger partial charge in [0, 0.05) is 19.6 Å². The van der Waals surface area contributed by atoms with Crippen LogP contribution in [-0.4, -0.2) is 65.5 Å². The monoisotopic (exact) mass is 320 g/mol. The topological polar surface area (TPSA) is 87.2 Å². The first-order valence-corrected chi connectivity index (χ1v) is 8.80. The largest absolute Gasteiger partial charge is 0.480 e. The molecular weight excluding hydrogens is 296 g/mol. The second-order valence-corrected chi connectivity index (χ2v) is 7.80. The Morgan fingerprint density at radius 1 is 1.33 bits per heavy atom. The molecule has 0 radical (unpaired) electrons. The van der Waals surface area contributed by atoms with Crippen LogP contribution < -0.4 is 0 Å². The smallest absolute Gasteiger partial charge is 0.325 e. The molecule has 0 amide bonds. The number of carboxylic acids is 1. The van der Waals surface area contributed by atoms with E-state index >= 15 is 0 Å². The summed E-state index contributed by atoms with van der Waals surface area (Å²) in [5.74, 6) is -1.06. The van der Waals surface area contributed by atoms with Crippen molar-refractivity contribution in [3.05, 3.63) is 0 Å².